The summed E-state index contributed by atoms with van der Waals surface area (Å²) in [6, 6.07) is -0.745. The van der Waals surface area contributed by atoms with E-state index in [1.165, 1.54) is 0 Å². The third kappa shape index (κ3) is 3.20. The van der Waals surface area contributed by atoms with Crippen molar-refractivity contribution in [3.63, 3.8) is 0 Å². The first-order valence-electron chi connectivity index (χ1n) is 5.80. The summed E-state index contributed by atoms with van der Waals surface area (Å²) in [5.41, 5.74) is 0. The standard InChI is InChI=1S/C11H20N2O3/c1-3-4-9(11(15)16)13-10(14)8-6-12-5-7(8)2/h7-9,12H,3-6H2,1-2H3,(H,13,14)(H,15,16)/t7-,8-,9+/m1/s1. The van der Waals surface area contributed by atoms with Gasteiger partial charge in [-0.2, -0.15) is 0 Å². The van der Waals surface area contributed by atoms with E-state index in [9.17, 15) is 9.59 Å². The Morgan fingerprint density at radius 1 is 1.50 bits per heavy atom. The fourth-order valence-electron chi connectivity index (χ4n) is 1.99. The van der Waals surface area contributed by atoms with Crippen LogP contribution in [0.5, 0.6) is 0 Å². The largest absolute Gasteiger partial charge is 0.480 e. The molecule has 0 aromatic heterocycles. The van der Waals surface area contributed by atoms with E-state index in [1.54, 1.807) is 0 Å². The normalized spacial score (nSPS) is 26.4. The summed E-state index contributed by atoms with van der Waals surface area (Å²) in [4.78, 5) is 22.7. The molecule has 3 N–H and O–H groups in total. The van der Waals surface area contributed by atoms with E-state index in [2.05, 4.69) is 10.6 Å². The van der Waals surface area contributed by atoms with Crippen LogP contribution in [-0.2, 0) is 9.59 Å². The molecule has 0 spiro atoms. The van der Waals surface area contributed by atoms with Crippen LogP contribution in [0.4, 0.5) is 0 Å². The summed E-state index contributed by atoms with van der Waals surface area (Å²) in [6.45, 7) is 5.37. The van der Waals surface area contributed by atoms with Crippen molar-refractivity contribution in [2.75, 3.05) is 13.1 Å². The van der Waals surface area contributed by atoms with Gasteiger partial charge in [-0.25, -0.2) is 4.79 Å². The lowest BCUT2D eigenvalue weighted by Gasteiger charge is -2.18. The highest BCUT2D eigenvalue weighted by Gasteiger charge is 2.31. The van der Waals surface area contributed by atoms with Crippen molar-refractivity contribution in [3.05, 3.63) is 0 Å². The summed E-state index contributed by atoms with van der Waals surface area (Å²) in [5, 5.41) is 14.7. The van der Waals surface area contributed by atoms with E-state index < -0.39 is 12.0 Å². The lowest BCUT2D eigenvalue weighted by atomic mass is 9.96. The first kappa shape index (κ1) is 13.0. The van der Waals surface area contributed by atoms with Gasteiger partial charge in [-0.3, -0.25) is 4.79 Å². The molecular weight excluding hydrogens is 208 g/mol. The number of carbonyl (C=O) groups is 2. The molecule has 1 saturated heterocycles. The van der Waals surface area contributed by atoms with Gasteiger partial charge >= 0.3 is 5.97 Å². The Balaban J connectivity index is 2.50. The molecule has 0 bridgehead atoms. The third-order valence-corrected chi connectivity index (χ3v) is 3.05. The third-order valence-electron chi connectivity index (χ3n) is 3.05. The Hall–Kier alpha value is -1.10. The van der Waals surface area contributed by atoms with Crippen LogP contribution in [0.25, 0.3) is 0 Å². The van der Waals surface area contributed by atoms with E-state index in [0.717, 1.165) is 13.0 Å². The van der Waals surface area contributed by atoms with Crippen molar-refractivity contribution in [1.82, 2.24) is 10.6 Å². The molecule has 1 rings (SSSR count). The molecule has 1 fully saturated rings. The number of nitrogens with one attached hydrogen (secondary N) is 2. The van der Waals surface area contributed by atoms with Crippen molar-refractivity contribution in [1.29, 1.82) is 0 Å². The molecule has 0 unspecified atom stereocenters. The number of carboxylic acids is 1. The molecule has 0 aromatic carbocycles. The zero-order valence-electron chi connectivity index (χ0n) is 9.82. The second-order valence-corrected chi connectivity index (χ2v) is 4.43. The fourth-order valence-corrected chi connectivity index (χ4v) is 1.99. The van der Waals surface area contributed by atoms with Gasteiger partial charge in [-0.1, -0.05) is 20.3 Å². The van der Waals surface area contributed by atoms with Crippen molar-refractivity contribution < 1.29 is 14.7 Å². The molecule has 3 atom stereocenters. The molecule has 0 aliphatic carbocycles. The molecule has 16 heavy (non-hydrogen) atoms. The van der Waals surface area contributed by atoms with Crippen LogP contribution in [0.2, 0.25) is 0 Å². The van der Waals surface area contributed by atoms with Gasteiger partial charge in [0.1, 0.15) is 6.04 Å². The number of hydrogen-bond acceptors (Lipinski definition) is 3. The first-order valence-corrected chi connectivity index (χ1v) is 5.80. The summed E-state index contributed by atoms with van der Waals surface area (Å²) < 4.78 is 0. The monoisotopic (exact) mass is 228 g/mol. The molecule has 1 heterocycles. The molecule has 5 heteroatoms. The highest BCUT2D eigenvalue weighted by Crippen LogP contribution is 2.16. The maximum absolute atomic E-state index is 11.8. The van der Waals surface area contributed by atoms with Gasteiger partial charge in [0.25, 0.3) is 0 Å². The number of carboxylic acid groups (broad SMARTS) is 1. The molecule has 0 aromatic rings. The van der Waals surface area contributed by atoms with Crippen LogP contribution in [0, 0.1) is 11.8 Å². The van der Waals surface area contributed by atoms with Gasteiger partial charge < -0.3 is 15.7 Å². The average molecular weight is 228 g/mol. The maximum atomic E-state index is 11.8. The predicted molar refractivity (Wildman–Crippen MR) is 60.0 cm³/mol. The highest BCUT2D eigenvalue weighted by molar-refractivity contribution is 5.85. The van der Waals surface area contributed by atoms with E-state index >= 15 is 0 Å². The Morgan fingerprint density at radius 3 is 2.62 bits per heavy atom. The number of rotatable bonds is 5. The number of amides is 1. The summed E-state index contributed by atoms with van der Waals surface area (Å²) in [6.07, 6.45) is 1.23. The molecule has 5 nitrogen and oxygen atoms in total. The van der Waals surface area contributed by atoms with Crippen molar-refractivity contribution >= 4 is 11.9 Å². The lowest BCUT2D eigenvalue weighted by molar-refractivity contribution is -0.142. The first-order chi connectivity index (χ1) is 7.56. The van der Waals surface area contributed by atoms with Crippen LogP contribution >= 0.6 is 0 Å². The Kier molecular flexibility index (Phi) is 4.73. The number of aliphatic carboxylic acids is 1. The molecule has 1 aliphatic heterocycles. The van der Waals surface area contributed by atoms with E-state index in [0.29, 0.717) is 13.0 Å². The van der Waals surface area contributed by atoms with Crippen LogP contribution in [0.3, 0.4) is 0 Å². The summed E-state index contributed by atoms with van der Waals surface area (Å²) in [7, 11) is 0. The second-order valence-electron chi connectivity index (χ2n) is 4.43. The predicted octanol–water partition coefficient (Wildman–Crippen LogP) is 0.211. The molecule has 1 aliphatic rings. The van der Waals surface area contributed by atoms with Crippen LogP contribution < -0.4 is 10.6 Å². The van der Waals surface area contributed by atoms with Gasteiger partial charge in [0.15, 0.2) is 0 Å². The van der Waals surface area contributed by atoms with E-state index in [1.807, 2.05) is 13.8 Å². The van der Waals surface area contributed by atoms with Crippen LogP contribution in [0.1, 0.15) is 26.7 Å². The van der Waals surface area contributed by atoms with E-state index in [4.69, 9.17) is 5.11 Å². The zero-order valence-corrected chi connectivity index (χ0v) is 9.82. The maximum Gasteiger partial charge on any atom is 0.326 e. The number of carbonyl (C=O) groups excluding carboxylic acids is 1. The van der Waals surface area contributed by atoms with Crippen molar-refractivity contribution in [3.8, 4) is 0 Å². The highest BCUT2D eigenvalue weighted by atomic mass is 16.4. The van der Waals surface area contributed by atoms with Crippen molar-refractivity contribution in [2.45, 2.75) is 32.7 Å². The minimum absolute atomic E-state index is 0.0984. The smallest absolute Gasteiger partial charge is 0.326 e. The number of hydrogen-bond donors (Lipinski definition) is 3. The Labute approximate surface area is 95.6 Å². The topological polar surface area (TPSA) is 78.4 Å². The van der Waals surface area contributed by atoms with E-state index in [-0.39, 0.29) is 17.7 Å². The molecule has 1 amide bonds. The molecule has 0 saturated carbocycles. The average Bonchev–Trinajstić information content (AvgIpc) is 2.63. The van der Waals surface area contributed by atoms with Gasteiger partial charge in [0.05, 0.1) is 5.92 Å². The summed E-state index contributed by atoms with van der Waals surface area (Å²) >= 11 is 0. The molecule has 92 valence electrons. The van der Waals surface area contributed by atoms with Crippen LogP contribution in [-0.4, -0.2) is 36.1 Å². The fraction of sp³-hybridized carbons (Fsp3) is 0.818. The Morgan fingerprint density at radius 2 is 2.19 bits per heavy atom. The summed E-state index contributed by atoms with van der Waals surface area (Å²) in [5.74, 6) is -0.915. The van der Waals surface area contributed by atoms with Gasteiger partial charge in [0, 0.05) is 6.54 Å². The SMILES string of the molecule is CCC[C@H](NC(=O)[C@@H]1CNC[C@H]1C)C(=O)O. The van der Waals surface area contributed by atoms with Gasteiger partial charge in [-0.15, -0.1) is 0 Å². The zero-order chi connectivity index (χ0) is 12.1. The Bertz CT molecular complexity index is 268. The quantitative estimate of drug-likeness (QED) is 0.628. The van der Waals surface area contributed by atoms with Crippen molar-refractivity contribution in [2.24, 2.45) is 11.8 Å². The lowest BCUT2D eigenvalue weighted by Crippen LogP contribution is -2.45. The minimum atomic E-state index is -0.950. The second kappa shape index (κ2) is 5.84. The minimum Gasteiger partial charge on any atom is -0.480 e. The van der Waals surface area contributed by atoms with Gasteiger partial charge in [-0.05, 0) is 18.9 Å². The van der Waals surface area contributed by atoms with Gasteiger partial charge in [0.2, 0.25) is 5.91 Å². The molecule has 0 radical (unpaired) electrons. The van der Waals surface area contributed by atoms with Crippen LogP contribution in [0.15, 0.2) is 0 Å². The molecular formula is C11H20N2O3.